The second kappa shape index (κ2) is 11.2. The van der Waals surface area contributed by atoms with Crippen molar-refractivity contribution in [2.45, 2.75) is 13.0 Å². The number of ether oxygens (including phenoxy) is 3. The lowest BCUT2D eigenvalue weighted by atomic mass is 10.2. The molecule has 7 nitrogen and oxygen atoms in total. The van der Waals surface area contributed by atoms with E-state index in [-0.39, 0.29) is 18.4 Å². The Kier molecular flexibility index (Phi) is 8.10. The van der Waals surface area contributed by atoms with E-state index in [1.54, 1.807) is 61.5 Å². The molecule has 166 valence electrons. The maximum atomic E-state index is 12.5. The van der Waals surface area contributed by atoms with Gasteiger partial charge in [0.1, 0.15) is 5.75 Å². The number of benzene rings is 3. The van der Waals surface area contributed by atoms with Gasteiger partial charge in [0.2, 0.25) is 0 Å². The van der Waals surface area contributed by atoms with Crippen LogP contribution in [0.2, 0.25) is 0 Å². The number of carbonyl (C=O) groups excluding carboxylic acids is 2. The molecule has 0 fully saturated rings. The number of anilines is 2. The van der Waals surface area contributed by atoms with Crippen LogP contribution in [0.4, 0.5) is 11.4 Å². The molecule has 0 spiro atoms. The molecule has 0 heterocycles. The highest BCUT2D eigenvalue weighted by Gasteiger charge is 2.15. The minimum Gasteiger partial charge on any atom is -0.493 e. The molecule has 0 saturated carbocycles. The van der Waals surface area contributed by atoms with Crippen LogP contribution < -0.4 is 24.8 Å². The number of nitrogens with one attached hydrogen (secondary N) is 2. The Morgan fingerprint density at radius 3 is 2.25 bits per heavy atom. The maximum Gasteiger partial charge on any atom is 0.265 e. The average molecular weight is 499 g/mol. The highest BCUT2D eigenvalue weighted by atomic mass is 79.9. The first-order chi connectivity index (χ1) is 15.4. The van der Waals surface area contributed by atoms with Crippen LogP contribution >= 0.6 is 15.9 Å². The SMILES string of the molecule is COc1ccccc1OCC(=O)Nc1cccc(NC(=O)C(C)Oc2ccc(Br)cc2)c1. The standard InChI is InChI=1S/C24H23BrN2O5/c1-16(32-20-12-10-17(25)11-13-20)24(29)27-19-7-5-6-18(14-19)26-23(28)15-31-22-9-4-3-8-21(22)30-2/h3-14,16H,15H2,1-2H3,(H,26,28)(H,27,29). The summed E-state index contributed by atoms with van der Waals surface area (Å²) in [6.45, 7) is 1.48. The molecule has 0 bridgehead atoms. The predicted octanol–water partition coefficient (Wildman–Crippen LogP) is 4.88. The van der Waals surface area contributed by atoms with E-state index < -0.39 is 6.10 Å². The molecule has 0 aromatic heterocycles. The van der Waals surface area contributed by atoms with Gasteiger partial charge in [-0.1, -0.05) is 34.1 Å². The van der Waals surface area contributed by atoms with Gasteiger partial charge in [-0.05, 0) is 61.5 Å². The Bertz CT molecular complexity index is 1070. The van der Waals surface area contributed by atoms with E-state index in [0.717, 1.165) is 4.47 Å². The summed E-state index contributed by atoms with van der Waals surface area (Å²) in [6.07, 6.45) is -0.705. The molecular formula is C24H23BrN2O5. The molecule has 3 aromatic carbocycles. The van der Waals surface area contributed by atoms with Crippen LogP contribution in [0, 0.1) is 0 Å². The first kappa shape index (κ1) is 23.1. The van der Waals surface area contributed by atoms with Crippen molar-refractivity contribution >= 4 is 39.1 Å². The van der Waals surface area contributed by atoms with E-state index in [4.69, 9.17) is 14.2 Å². The van der Waals surface area contributed by atoms with Crippen molar-refractivity contribution in [1.82, 2.24) is 0 Å². The number of hydrogen-bond donors (Lipinski definition) is 2. The van der Waals surface area contributed by atoms with Crippen LogP contribution in [0.15, 0.2) is 77.3 Å². The lowest BCUT2D eigenvalue weighted by molar-refractivity contribution is -0.122. The molecule has 0 aliphatic rings. The largest absolute Gasteiger partial charge is 0.493 e. The second-order valence-electron chi connectivity index (χ2n) is 6.77. The summed E-state index contributed by atoms with van der Waals surface area (Å²) in [5.74, 6) is 0.963. The van der Waals surface area contributed by atoms with Gasteiger partial charge in [-0.3, -0.25) is 9.59 Å². The van der Waals surface area contributed by atoms with E-state index >= 15 is 0 Å². The summed E-state index contributed by atoms with van der Waals surface area (Å²) in [5.41, 5.74) is 1.06. The monoisotopic (exact) mass is 498 g/mol. The van der Waals surface area contributed by atoms with E-state index in [1.165, 1.54) is 7.11 Å². The Morgan fingerprint density at radius 1 is 0.906 bits per heavy atom. The van der Waals surface area contributed by atoms with Crippen molar-refractivity contribution in [3.05, 3.63) is 77.3 Å². The molecule has 0 radical (unpaired) electrons. The summed E-state index contributed by atoms with van der Waals surface area (Å²) in [5, 5.41) is 5.53. The highest BCUT2D eigenvalue weighted by molar-refractivity contribution is 9.10. The fraction of sp³-hybridized carbons (Fsp3) is 0.167. The topological polar surface area (TPSA) is 85.9 Å². The van der Waals surface area contributed by atoms with Gasteiger partial charge < -0.3 is 24.8 Å². The number of para-hydroxylation sites is 2. The van der Waals surface area contributed by atoms with Gasteiger partial charge >= 0.3 is 0 Å². The number of halogens is 1. The van der Waals surface area contributed by atoms with Gasteiger partial charge in [-0.2, -0.15) is 0 Å². The molecule has 32 heavy (non-hydrogen) atoms. The van der Waals surface area contributed by atoms with Crippen LogP contribution in [0.3, 0.4) is 0 Å². The lowest BCUT2D eigenvalue weighted by Gasteiger charge is -2.15. The molecular weight excluding hydrogens is 476 g/mol. The average Bonchev–Trinajstić information content (AvgIpc) is 2.79. The number of amides is 2. The minimum absolute atomic E-state index is 0.185. The van der Waals surface area contributed by atoms with E-state index in [0.29, 0.717) is 28.6 Å². The van der Waals surface area contributed by atoms with E-state index in [1.807, 2.05) is 18.2 Å². The molecule has 1 unspecified atom stereocenters. The first-order valence-electron chi connectivity index (χ1n) is 9.83. The van der Waals surface area contributed by atoms with Gasteiger partial charge in [-0.15, -0.1) is 0 Å². The fourth-order valence-corrected chi connectivity index (χ4v) is 3.03. The summed E-state index contributed by atoms with van der Waals surface area (Å²) < 4.78 is 17.3. The fourth-order valence-electron chi connectivity index (χ4n) is 2.77. The third-order valence-electron chi connectivity index (χ3n) is 4.34. The molecule has 3 rings (SSSR count). The zero-order valence-corrected chi connectivity index (χ0v) is 19.2. The van der Waals surface area contributed by atoms with Gasteiger partial charge in [0.05, 0.1) is 7.11 Å². The normalized spacial score (nSPS) is 11.2. The van der Waals surface area contributed by atoms with Crippen molar-refractivity contribution in [2.75, 3.05) is 24.4 Å². The lowest BCUT2D eigenvalue weighted by Crippen LogP contribution is -2.30. The summed E-state index contributed by atoms with van der Waals surface area (Å²) in [6, 6.07) is 21.1. The Morgan fingerprint density at radius 2 is 1.56 bits per heavy atom. The van der Waals surface area contributed by atoms with Crippen molar-refractivity contribution in [3.63, 3.8) is 0 Å². The maximum absolute atomic E-state index is 12.5. The number of rotatable bonds is 9. The molecule has 2 N–H and O–H groups in total. The Labute approximate surface area is 194 Å². The van der Waals surface area contributed by atoms with Crippen LogP contribution in [-0.2, 0) is 9.59 Å². The van der Waals surface area contributed by atoms with Gasteiger partial charge in [0.15, 0.2) is 24.2 Å². The quantitative estimate of drug-likeness (QED) is 0.439. The smallest absolute Gasteiger partial charge is 0.265 e. The third kappa shape index (κ3) is 6.75. The number of methoxy groups -OCH3 is 1. The molecule has 0 aliphatic carbocycles. The number of carbonyl (C=O) groups is 2. The zero-order valence-electron chi connectivity index (χ0n) is 17.6. The minimum atomic E-state index is -0.705. The summed E-state index contributed by atoms with van der Waals surface area (Å²) in [7, 11) is 1.53. The van der Waals surface area contributed by atoms with Crippen LogP contribution in [0.25, 0.3) is 0 Å². The molecule has 3 aromatic rings. The summed E-state index contributed by atoms with van der Waals surface area (Å²) >= 11 is 3.36. The summed E-state index contributed by atoms with van der Waals surface area (Å²) in [4.78, 5) is 24.7. The van der Waals surface area contributed by atoms with Gasteiger partial charge in [-0.25, -0.2) is 0 Å². The molecule has 0 saturated heterocycles. The predicted molar refractivity (Wildman–Crippen MR) is 126 cm³/mol. The molecule has 2 amide bonds. The Hall–Kier alpha value is -3.52. The van der Waals surface area contributed by atoms with E-state index in [9.17, 15) is 9.59 Å². The van der Waals surface area contributed by atoms with Crippen molar-refractivity contribution in [1.29, 1.82) is 0 Å². The van der Waals surface area contributed by atoms with Crippen molar-refractivity contribution in [2.24, 2.45) is 0 Å². The van der Waals surface area contributed by atoms with Gasteiger partial charge in [0.25, 0.3) is 11.8 Å². The zero-order chi connectivity index (χ0) is 22.9. The molecule has 8 heteroatoms. The van der Waals surface area contributed by atoms with Crippen LogP contribution in [-0.4, -0.2) is 31.6 Å². The van der Waals surface area contributed by atoms with Crippen LogP contribution in [0.5, 0.6) is 17.2 Å². The van der Waals surface area contributed by atoms with Crippen molar-refractivity contribution in [3.8, 4) is 17.2 Å². The third-order valence-corrected chi connectivity index (χ3v) is 4.87. The second-order valence-corrected chi connectivity index (χ2v) is 7.69. The first-order valence-corrected chi connectivity index (χ1v) is 10.6. The Balaban J connectivity index is 1.53. The molecule has 0 aliphatic heterocycles. The van der Waals surface area contributed by atoms with Crippen LogP contribution in [0.1, 0.15) is 6.92 Å². The van der Waals surface area contributed by atoms with Gasteiger partial charge in [0, 0.05) is 15.8 Å². The van der Waals surface area contributed by atoms with Crippen molar-refractivity contribution < 1.29 is 23.8 Å². The highest BCUT2D eigenvalue weighted by Crippen LogP contribution is 2.25. The van der Waals surface area contributed by atoms with E-state index in [2.05, 4.69) is 26.6 Å². The molecule has 1 atom stereocenters. The number of hydrogen-bond acceptors (Lipinski definition) is 5.